The van der Waals surface area contributed by atoms with Gasteiger partial charge in [0.15, 0.2) is 0 Å². The minimum Gasteiger partial charge on any atom is -0.465 e. The van der Waals surface area contributed by atoms with Gasteiger partial charge in [0.2, 0.25) is 10.0 Å². The fourth-order valence-corrected chi connectivity index (χ4v) is 3.23. The molecule has 0 radical (unpaired) electrons. The summed E-state index contributed by atoms with van der Waals surface area (Å²) >= 11 is 0. The first-order chi connectivity index (χ1) is 9.51. The average molecular weight is 316 g/mol. The number of aliphatic hydroxyl groups is 1. The van der Waals surface area contributed by atoms with Gasteiger partial charge in [0.25, 0.3) is 0 Å². The molecule has 0 saturated carbocycles. The Labute approximate surface area is 124 Å². The van der Waals surface area contributed by atoms with E-state index in [0.29, 0.717) is 0 Å². The monoisotopic (exact) mass is 316 g/mol. The summed E-state index contributed by atoms with van der Waals surface area (Å²) in [6.07, 6.45) is -0.935. The Morgan fingerprint density at radius 1 is 1.43 bits per heavy atom. The van der Waals surface area contributed by atoms with Gasteiger partial charge in [-0.15, -0.1) is 0 Å². The maximum absolute atomic E-state index is 12.5. The van der Waals surface area contributed by atoms with E-state index in [1.807, 2.05) is 0 Å². The summed E-state index contributed by atoms with van der Waals surface area (Å²) in [5.41, 5.74) is 4.55. The fraction of sp³-hybridized carbons (Fsp3) is 0.462. The number of rotatable bonds is 5. The zero-order valence-electron chi connectivity index (χ0n) is 12.4. The smallest absolute Gasteiger partial charge is 0.339 e. The summed E-state index contributed by atoms with van der Waals surface area (Å²) in [5.74, 6) is -0.787. The van der Waals surface area contributed by atoms with E-state index >= 15 is 0 Å². The highest BCUT2D eigenvalue weighted by molar-refractivity contribution is 7.89. The number of hydrogen-bond acceptors (Lipinski definition) is 6. The van der Waals surface area contributed by atoms with Gasteiger partial charge in [-0.25, -0.2) is 17.9 Å². The van der Waals surface area contributed by atoms with Crippen molar-refractivity contribution in [1.29, 1.82) is 0 Å². The molecule has 0 amide bonds. The van der Waals surface area contributed by atoms with E-state index in [1.54, 1.807) is 0 Å². The topological polar surface area (TPSA) is 119 Å². The zero-order chi connectivity index (χ0) is 16.4. The lowest BCUT2D eigenvalue weighted by Crippen LogP contribution is -2.51. The zero-order valence-corrected chi connectivity index (χ0v) is 13.2. The molecule has 0 fully saturated rings. The van der Waals surface area contributed by atoms with Crippen molar-refractivity contribution in [3.05, 3.63) is 23.8 Å². The van der Waals surface area contributed by atoms with Gasteiger partial charge in [0.05, 0.1) is 29.2 Å². The average Bonchev–Trinajstić information content (AvgIpc) is 2.36. The highest BCUT2D eigenvalue weighted by Gasteiger charge is 2.32. The molecular weight excluding hydrogens is 296 g/mol. The Hall–Kier alpha value is -1.64. The number of nitrogen functional groups attached to an aromatic ring is 1. The lowest BCUT2D eigenvalue weighted by Gasteiger charge is -2.29. The maximum Gasteiger partial charge on any atom is 0.339 e. The lowest BCUT2D eigenvalue weighted by atomic mass is 10.0. The number of benzene rings is 1. The van der Waals surface area contributed by atoms with Gasteiger partial charge in [0.1, 0.15) is 0 Å². The minimum absolute atomic E-state index is 0.124. The third-order valence-corrected chi connectivity index (χ3v) is 4.85. The summed E-state index contributed by atoms with van der Waals surface area (Å²) in [7, 11) is -2.91. The van der Waals surface area contributed by atoms with Crippen LogP contribution in [0.25, 0.3) is 0 Å². The Kier molecular flexibility index (Phi) is 4.98. The largest absolute Gasteiger partial charge is 0.465 e. The molecular formula is C13H20N2O5S. The quantitative estimate of drug-likeness (QED) is 0.537. The van der Waals surface area contributed by atoms with Crippen LogP contribution < -0.4 is 10.5 Å². The molecule has 0 aliphatic rings. The summed E-state index contributed by atoms with van der Waals surface area (Å²) in [6.45, 7) is 4.52. The second-order valence-corrected chi connectivity index (χ2v) is 6.90. The van der Waals surface area contributed by atoms with Crippen molar-refractivity contribution in [3.8, 4) is 0 Å². The van der Waals surface area contributed by atoms with Crippen molar-refractivity contribution in [3.63, 3.8) is 0 Å². The van der Waals surface area contributed by atoms with Crippen LogP contribution in [0.2, 0.25) is 0 Å². The van der Waals surface area contributed by atoms with E-state index < -0.39 is 27.6 Å². The number of carbonyl (C=O) groups excluding carboxylic acids is 1. The van der Waals surface area contributed by atoms with Gasteiger partial charge < -0.3 is 15.6 Å². The van der Waals surface area contributed by atoms with Crippen LogP contribution in [-0.2, 0) is 14.8 Å². The third-order valence-electron chi connectivity index (χ3n) is 3.14. The number of nitrogens with two attached hydrogens (primary N) is 1. The van der Waals surface area contributed by atoms with Gasteiger partial charge in [-0.3, -0.25) is 0 Å². The van der Waals surface area contributed by atoms with Crippen molar-refractivity contribution in [2.45, 2.75) is 37.3 Å². The highest BCUT2D eigenvalue weighted by atomic mass is 32.2. The van der Waals surface area contributed by atoms with Gasteiger partial charge >= 0.3 is 5.97 Å². The Morgan fingerprint density at radius 2 is 2.00 bits per heavy atom. The number of methoxy groups -OCH3 is 1. The van der Waals surface area contributed by atoms with Crippen LogP contribution in [0, 0.1) is 0 Å². The molecule has 0 aliphatic heterocycles. The van der Waals surface area contributed by atoms with Crippen molar-refractivity contribution in [2.75, 3.05) is 12.8 Å². The van der Waals surface area contributed by atoms with Gasteiger partial charge in [0, 0.05) is 5.69 Å². The minimum atomic E-state index is -4.06. The summed E-state index contributed by atoms with van der Waals surface area (Å²) in [5, 5.41) is 9.63. The number of carbonyl (C=O) groups is 1. The van der Waals surface area contributed by atoms with Crippen LogP contribution >= 0.6 is 0 Å². The van der Waals surface area contributed by atoms with Crippen LogP contribution in [0.4, 0.5) is 5.69 Å². The number of ether oxygens (including phenoxy) is 1. The van der Waals surface area contributed by atoms with Crippen molar-refractivity contribution < 1.29 is 23.1 Å². The normalized spacial score (nSPS) is 13.8. The van der Waals surface area contributed by atoms with E-state index in [0.717, 1.165) is 7.11 Å². The Bertz CT molecular complexity index is 638. The van der Waals surface area contributed by atoms with Gasteiger partial charge in [-0.2, -0.15) is 0 Å². The molecule has 8 heteroatoms. The summed E-state index contributed by atoms with van der Waals surface area (Å²) in [6, 6.07) is 3.86. The maximum atomic E-state index is 12.5. The van der Waals surface area contributed by atoms with E-state index in [-0.39, 0.29) is 16.1 Å². The van der Waals surface area contributed by atoms with Crippen molar-refractivity contribution in [1.82, 2.24) is 4.72 Å². The summed E-state index contributed by atoms with van der Waals surface area (Å²) < 4.78 is 31.8. The predicted molar refractivity (Wildman–Crippen MR) is 78.3 cm³/mol. The molecule has 1 rings (SSSR count). The molecule has 1 aromatic rings. The van der Waals surface area contributed by atoms with Gasteiger partial charge in [-0.05, 0) is 39.0 Å². The molecule has 1 aromatic carbocycles. The molecule has 7 nitrogen and oxygen atoms in total. The van der Waals surface area contributed by atoms with Crippen molar-refractivity contribution >= 4 is 21.7 Å². The number of sulfonamides is 1. The molecule has 4 N–H and O–H groups in total. The van der Waals surface area contributed by atoms with Gasteiger partial charge in [-0.1, -0.05) is 0 Å². The summed E-state index contributed by atoms with van der Waals surface area (Å²) in [4.78, 5) is 11.4. The van der Waals surface area contributed by atoms with Crippen LogP contribution in [0.15, 0.2) is 23.1 Å². The van der Waals surface area contributed by atoms with Crippen LogP contribution in [0.3, 0.4) is 0 Å². The van der Waals surface area contributed by atoms with Crippen molar-refractivity contribution in [2.24, 2.45) is 0 Å². The number of hydrogen-bond donors (Lipinski definition) is 3. The molecule has 21 heavy (non-hydrogen) atoms. The van der Waals surface area contributed by atoms with Crippen LogP contribution in [-0.4, -0.2) is 38.2 Å². The highest BCUT2D eigenvalue weighted by Crippen LogP contribution is 2.22. The molecule has 0 aliphatic carbocycles. The fourth-order valence-electron chi connectivity index (χ4n) is 1.53. The third kappa shape index (κ3) is 3.93. The Morgan fingerprint density at radius 3 is 2.48 bits per heavy atom. The number of nitrogens with one attached hydrogen (secondary N) is 1. The number of anilines is 1. The first kappa shape index (κ1) is 17.4. The SMILES string of the molecule is COC(=O)c1ccc(N)cc1S(=O)(=O)NC(C)(C)C(C)O. The van der Waals surface area contributed by atoms with E-state index in [4.69, 9.17) is 5.73 Å². The first-order valence-corrected chi connectivity index (χ1v) is 7.69. The number of esters is 1. The molecule has 0 spiro atoms. The second kappa shape index (κ2) is 6.00. The molecule has 0 heterocycles. The van der Waals surface area contributed by atoms with Crippen LogP contribution in [0.5, 0.6) is 0 Å². The molecule has 0 saturated heterocycles. The van der Waals surface area contributed by atoms with E-state index in [9.17, 15) is 18.3 Å². The van der Waals surface area contributed by atoms with E-state index in [2.05, 4.69) is 9.46 Å². The lowest BCUT2D eigenvalue weighted by molar-refractivity contribution is 0.0596. The Balaban J connectivity index is 3.38. The molecule has 118 valence electrons. The molecule has 1 atom stereocenters. The van der Waals surface area contributed by atoms with E-state index in [1.165, 1.54) is 39.0 Å². The standard InChI is InChI=1S/C13H20N2O5S/c1-8(16)13(2,3)15-21(18,19)11-7-9(14)5-6-10(11)12(17)20-4/h5-8,15-16H,14H2,1-4H3. The number of aliphatic hydroxyl groups excluding tert-OH is 1. The first-order valence-electron chi connectivity index (χ1n) is 6.21. The predicted octanol–water partition coefficient (Wildman–Crippen LogP) is 0.493. The second-order valence-electron chi connectivity index (χ2n) is 5.25. The molecule has 0 aromatic heterocycles. The van der Waals surface area contributed by atoms with Crippen LogP contribution in [0.1, 0.15) is 31.1 Å². The molecule has 1 unspecified atom stereocenters. The molecule has 0 bridgehead atoms.